The second kappa shape index (κ2) is 18.1. The summed E-state index contributed by atoms with van der Waals surface area (Å²) >= 11 is 0. The molecular weight excluding hydrogens is 343 g/mol. The summed E-state index contributed by atoms with van der Waals surface area (Å²) in [6.07, 6.45) is 8.53. The van der Waals surface area contributed by atoms with Crippen LogP contribution in [0, 0.1) is 0 Å². The summed E-state index contributed by atoms with van der Waals surface area (Å²) in [5, 5.41) is 0. The van der Waals surface area contributed by atoms with E-state index in [4.69, 9.17) is 9.79 Å². The molecule has 3 N–H and O–H groups in total. The van der Waals surface area contributed by atoms with Crippen LogP contribution in [-0.4, -0.2) is 115 Å². The Bertz CT molecular complexity index is 312. The number of hydrogen-bond acceptors (Lipinski definition) is 2. The number of unbranched alkanes of at least 4 members (excludes halogenated alkanes) is 7. The Morgan fingerprint density at radius 2 is 1.10 bits per heavy atom. The predicted molar refractivity (Wildman–Crippen MR) is 95.7 cm³/mol. The Morgan fingerprint density at radius 3 is 1.48 bits per heavy atom. The van der Waals surface area contributed by atoms with Crippen LogP contribution in [0.5, 0.6) is 0 Å². The molecule has 1 unspecified atom stereocenters. The molecule has 0 saturated heterocycles. The molecule has 0 saturated carbocycles. The van der Waals surface area contributed by atoms with Gasteiger partial charge in [0.05, 0.1) is 0 Å². The van der Waals surface area contributed by atoms with Gasteiger partial charge in [0.1, 0.15) is 5.90 Å². The van der Waals surface area contributed by atoms with E-state index in [1.807, 2.05) is 0 Å². The van der Waals surface area contributed by atoms with Crippen molar-refractivity contribution < 1.29 is 23.8 Å². The molecule has 5 nitrogen and oxygen atoms in total. The summed E-state index contributed by atoms with van der Waals surface area (Å²) in [4.78, 5) is 26.7. The molecule has 0 bridgehead atoms. The van der Waals surface area contributed by atoms with Crippen LogP contribution in [0.1, 0.15) is 58.3 Å². The molecule has 0 rings (SSSR count). The SMILES string of the molecule is CCCCCCCCCCP(=O)(O)CP(=O)(O)O.[NaH].[NaH].[NaH]. The second-order valence-corrected chi connectivity index (χ2v) is 9.45. The van der Waals surface area contributed by atoms with E-state index in [1.165, 1.54) is 25.7 Å². The van der Waals surface area contributed by atoms with E-state index in [0.29, 0.717) is 6.42 Å². The zero-order valence-corrected chi connectivity index (χ0v) is 12.9. The third-order valence-electron chi connectivity index (χ3n) is 2.77. The summed E-state index contributed by atoms with van der Waals surface area (Å²) in [7, 11) is -8.02. The van der Waals surface area contributed by atoms with Gasteiger partial charge in [-0.25, -0.2) is 0 Å². The standard InChI is InChI=1S/C11H26O5P2.3Na.3H/c1-2-3-4-5-6-7-8-9-10-17(12,13)11-18(14,15)16;;;;;;/h2-11H2,1H3,(H,12,13)(H2,14,15,16);;;;;;. The molecule has 0 aliphatic carbocycles. The second-order valence-electron chi connectivity index (χ2n) is 4.85. The summed E-state index contributed by atoms with van der Waals surface area (Å²) in [6.45, 7) is 2.17. The maximum atomic E-state index is 11.5. The van der Waals surface area contributed by atoms with Gasteiger partial charge in [-0.15, -0.1) is 0 Å². The van der Waals surface area contributed by atoms with Crippen LogP contribution in [-0.2, 0) is 9.13 Å². The van der Waals surface area contributed by atoms with Gasteiger partial charge in [0.15, 0.2) is 0 Å². The van der Waals surface area contributed by atoms with E-state index in [2.05, 4.69) is 6.92 Å². The van der Waals surface area contributed by atoms with Crippen LogP contribution in [0.2, 0.25) is 0 Å². The summed E-state index contributed by atoms with van der Waals surface area (Å²) in [6, 6.07) is 0. The molecule has 0 heterocycles. The van der Waals surface area contributed by atoms with Crippen LogP contribution >= 0.6 is 15.0 Å². The van der Waals surface area contributed by atoms with Gasteiger partial charge < -0.3 is 14.7 Å². The Morgan fingerprint density at radius 1 is 0.714 bits per heavy atom. The number of rotatable bonds is 11. The van der Waals surface area contributed by atoms with Crippen LogP contribution < -0.4 is 0 Å². The molecule has 116 valence electrons. The van der Waals surface area contributed by atoms with Crippen LogP contribution in [0.4, 0.5) is 0 Å². The van der Waals surface area contributed by atoms with E-state index in [1.54, 1.807) is 0 Å². The van der Waals surface area contributed by atoms with E-state index in [-0.39, 0.29) is 94.8 Å². The molecule has 0 aliphatic rings. The van der Waals surface area contributed by atoms with Gasteiger partial charge in [0.2, 0.25) is 7.37 Å². The first-order valence-corrected chi connectivity index (χ1v) is 10.4. The molecule has 0 amide bonds. The zero-order valence-electron chi connectivity index (χ0n) is 11.1. The van der Waals surface area contributed by atoms with Crippen LogP contribution in [0.15, 0.2) is 0 Å². The number of hydrogen-bond donors (Lipinski definition) is 3. The minimum atomic E-state index is -4.37. The van der Waals surface area contributed by atoms with Gasteiger partial charge in [0, 0.05) is 6.16 Å². The maximum absolute atomic E-state index is 11.5. The van der Waals surface area contributed by atoms with Crippen molar-refractivity contribution in [1.82, 2.24) is 0 Å². The first-order valence-electron chi connectivity index (χ1n) is 6.62. The fraction of sp³-hybridized carbons (Fsp3) is 1.00. The van der Waals surface area contributed by atoms with Crippen molar-refractivity contribution in [2.75, 3.05) is 12.1 Å². The predicted octanol–water partition coefficient (Wildman–Crippen LogP) is 1.59. The minimum absolute atomic E-state index is 0. The van der Waals surface area contributed by atoms with E-state index in [9.17, 15) is 14.0 Å². The van der Waals surface area contributed by atoms with Gasteiger partial charge in [-0.05, 0) is 6.42 Å². The fourth-order valence-electron chi connectivity index (χ4n) is 1.85. The third-order valence-corrected chi connectivity index (χ3v) is 7.02. The Balaban J connectivity index is -0.000000482. The molecule has 21 heavy (non-hydrogen) atoms. The topological polar surface area (TPSA) is 94.8 Å². The molecule has 0 aromatic carbocycles. The normalized spacial score (nSPS) is 13.3. The van der Waals surface area contributed by atoms with Gasteiger partial charge in [0.25, 0.3) is 0 Å². The quantitative estimate of drug-likeness (QED) is 0.291. The molecule has 0 aromatic heterocycles. The van der Waals surface area contributed by atoms with Gasteiger partial charge >= 0.3 is 96.3 Å². The molecule has 10 heteroatoms. The van der Waals surface area contributed by atoms with Crippen molar-refractivity contribution in [3.63, 3.8) is 0 Å². The Labute approximate surface area is 195 Å². The van der Waals surface area contributed by atoms with Gasteiger partial charge in [-0.1, -0.05) is 51.9 Å². The fourth-order valence-corrected chi connectivity index (χ4v) is 5.44. The third kappa shape index (κ3) is 25.7. The Kier molecular flexibility index (Phi) is 27.7. The van der Waals surface area contributed by atoms with Crippen molar-refractivity contribution in [2.45, 2.75) is 58.3 Å². The van der Waals surface area contributed by atoms with E-state index in [0.717, 1.165) is 19.3 Å². The van der Waals surface area contributed by atoms with Crippen molar-refractivity contribution >= 4 is 104 Å². The molecule has 1 atom stereocenters. The average Bonchev–Trinajstić information content (AvgIpc) is 2.18. The van der Waals surface area contributed by atoms with Crippen molar-refractivity contribution in [2.24, 2.45) is 0 Å². The van der Waals surface area contributed by atoms with E-state index < -0.39 is 20.9 Å². The van der Waals surface area contributed by atoms with Gasteiger partial charge in [-0.2, -0.15) is 0 Å². The molecular formula is C11H29Na3O5P2. The van der Waals surface area contributed by atoms with Crippen LogP contribution in [0.25, 0.3) is 0 Å². The summed E-state index contributed by atoms with van der Waals surface area (Å²) in [5.41, 5.74) is 0. The first kappa shape index (κ1) is 32.0. The first-order chi connectivity index (χ1) is 8.27. The van der Waals surface area contributed by atoms with Crippen LogP contribution in [0.3, 0.4) is 0 Å². The van der Waals surface area contributed by atoms with E-state index >= 15 is 0 Å². The monoisotopic (exact) mass is 372 g/mol. The van der Waals surface area contributed by atoms with Gasteiger partial charge in [-0.3, -0.25) is 9.13 Å². The Hall–Kier alpha value is 3.34. The molecule has 0 radical (unpaired) electrons. The molecule has 0 spiro atoms. The summed E-state index contributed by atoms with van der Waals surface area (Å²) < 4.78 is 22.1. The summed E-state index contributed by atoms with van der Waals surface area (Å²) in [5.74, 6) is -0.878. The molecule has 0 fully saturated rings. The zero-order chi connectivity index (χ0) is 14.1. The van der Waals surface area contributed by atoms with Crippen molar-refractivity contribution in [3.8, 4) is 0 Å². The van der Waals surface area contributed by atoms with Crippen molar-refractivity contribution in [1.29, 1.82) is 0 Å². The van der Waals surface area contributed by atoms with Crippen molar-refractivity contribution in [3.05, 3.63) is 0 Å². The molecule has 0 aliphatic heterocycles. The average molecular weight is 372 g/mol. The molecule has 0 aromatic rings.